The molecular formula is C26H23NO7. The van der Waals surface area contributed by atoms with E-state index in [9.17, 15) is 9.59 Å². The summed E-state index contributed by atoms with van der Waals surface area (Å²) in [4.78, 5) is 25.3. The lowest BCUT2D eigenvalue weighted by Gasteiger charge is -2.11. The number of aromatic nitrogens is 1. The Labute approximate surface area is 195 Å². The van der Waals surface area contributed by atoms with Crippen molar-refractivity contribution in [1.29, 1.82) is 0 Å². The van der Waals surface area contributed by atoms with Crippen molar-refractivity contribution in [1.82, 2.24) is 4.57 Å². The molecule has 8 heteroatoms. The Bertz CT molecular complexity index is 1410. The molecular weight excluding hydrogens is 438 g/mol. The van der Waals surface area contributed by atoms with Gasteiger partial charge in [0.1, 0.15) is 11.3 Å². The van der Waals surface area contributed by atoms with Gasteiger partial charge in [0.15, 0.2) is 18.1 Å². The van der Waals surface area contributed by atoms with Crippen molar-refractivity contribution in [2.24, 2.45) is 0 Å². The maximum absolute atomic E-state index is 12.9. The molecule has 0 fully saturated rings. The highest BCUT2D eigenvalue weighted by Crippen LogP contribution is 2.35. The van der Waals surface area contributed by atoms with Gasteiger partial charge in [-0.3, -0.25) is 9.59 Å². The average molecular weight is 461 g/mol. The van der Waals surface area contributed by atoms with Crippen LogP contribution in [0.15, 0.2) is 53.1 Å². The van der Waals surface area contributed by atoms with Crippen LogP contribution in [0.3, 0.4) is 0 Å². The Morgan fingerprint density at radius 2 is 1.85 bits per heavy atom. The van der Waals surface area contributed by atoms with Crippen LogP contribution in [0.5, 0.6) is 17.2 Å². The maximum atomic E-state index is 12.9. The molecule has 8 nitrogen and oxygen atoms in total. The lowest BCUT2D eigenvalue weighted by Crippen LogP contribution is -2.16. The summed E-state index contributed by atoms with van der Waals surface area (Å²) in [6.07, 6.45) is 1.52. The van der Waals surface area contributed by atoms with Crippen molar-refractivity contribution in [2.75, 3.05) is 20.5 Å². The molecule has 1 aliphatic rings. The molecule has 0 bridgehead atoms. The summed E-state index contributed by atoms with van der Waals surface area (Å²) in [7, 11) is 1.58. The molecule has 4 aromatic rings. The Kier molecular flexibility index (Phi) is 5.49. The first-order chi connectivity index (χ1) is 16.4. The summed E-state index contributed by atoms with van der Waals surface area (Å²) in [6, 6.07) is 12.8. The van der Waals surface area contributed by atoms with Crippen molar-refractivity contribution < 1.29 is 33.0 Å². The Balaban J connectivity index is 1.27. The van der Waals surface area contributed by atoms with Gasteiger partial charge in [-0.25, -0.2) is 0 Å². The van der Waals surface area contributed by atoms with Gasteiger partial charge in [-0.2, -0.15) is 0 Å². The second-order valence-corrected chi connectivity index (χ2v) is 8.04. The molecule has 0 saturated carbocycles. The number of esters is 1. The maximum Gasteiger partial charge on any atom is 0.310 e. The van der Waals surface area contributed by atoms with E-state index >= 15 is 0 Å². The summed E-state index contributed by atoms with van der Waals surface area (Å²) in [5, 5.41) is 0.802. The summed E-state index contributed by atoms with van der Waals surface area (Å²) in [6.45, 7) is 3.63. The summed E-state index contributed by atoms with van der Waals surface area (Å²) >= 11 is 0. The minimum Gasteiger partial charge on any atom is -0.497 e. The highest BCUT2D eigenvalue weighted by atomic mass is 16.7. The van der Waals surface area contributed by atoms with E-state index in [2.05, 4.69) is 0 Å². The Hall–Kier alpha value is -4.20. The van der Waals surface area contributed by atoms with Gasteiger partial charge >= 0.3 is 5.97 Å². The number of carbonyl (C=O) groups is 2. The molecule has 0 unspecified atom stereocenters. The first-order valence-corrected chi connectivity index (χ1v) is 10.8. The number of fused-ring (bicyclic) bond motifs is 2. The van der Waals surface area contributed by atoms with Gasteiger partial charge in [-0.15, -0.1) is 0 Å². The smallest absolute Gasteiger partial charge is 0.310 e. The third kappa shape index (κ3) is 3.87. The fourth-order valence-corrected chi connectivity index (χ4v) is 4.22. The van der Waals surface area contributed by atoms with Crippen molar-refractivity contribution in [2.45, 2.75) is 20.3 Å². The summed E-state index contributed by atoms with van der Waals surface area (Å²) in [5.41, 5.74) is 4.31. The first-order valence-electron chi connectivity index (χ1n) is 10.8. The molecule has 2 aromatic carbocycles. The van der Waals surface area contributed by atoms with Crippen molar-refractivity contribution in [3.8, 4) is 22.9 Å². The highest BCUT2D eigenvalue weighted by molar-refractivity contribution is 5.99. The van der Waals surface area contributed by atoms with Crippen LogP contribution < -0.4 is 14.2 Å². The molecule has 0 aliphatic carbocycles. The van der Waals surface area contributed by atoms with Gasteiger partial charge in [0.2, 0.25) is 12.6 Å². The molecule has 174 valence electrons. The number of carbonyl (C=O) groups excluding carboxylic acids is 2. The number of hydrogen-bond donors (Lipinski definition) is 0. The van der Waals surface area contributed by atoms with Crippen LogP contribution in [0, 0.1) is 13.8 Å². The van der Waals surface area contributed by atoms with E-state index in [1.165, 1.54) is 6.26 Å². The molecule has 0 spiro atoms. The Morgan fingerprint density at radius 1 is 1.03 bits per heavy atom. The lowest BCUT2D eigenvalue weighted by atomic mass is 10.1. The number of hydrogen-bond acceptors (Lipinski definition) is 7. The fraction of sp³-hybridized carbons (Fsp3) is 0.231. The van der Waals surface area contributed by atoms with Gasteiger partial charge < -0.3 is 27.9 Å². The quantitative estimate of drug-likeness (QED) is 0.295. The normalized spacial score (nSPS) is 12.2. The van der Waals surface area contributed by atoms with Crippen molar-refractivity contribution >= 4 is 22.7 Å². The number of aryl methyl sites for hydroxylation is 1. The number of Topliss-reactive ketones (excluding diaryl/α,β-unsaturated/α-hetero) is 1. The number of ether oxygens (including phenoxy) is 4. The zero-order valence-electron chi connectivity index (χ0n) is 19.0. The number of rotatable bonds is 7. The van der Waals surface area contributed by atoms with E-state index in [1.54, 1.807) is 25.3 Å². The first kappa shape index (κ1) is 21.6. The van der Waals surface area contributed by atoms with Gasteiger partial charge in [0.05, 0.1) is 19.8 Å². The minimum absolute atomic E-state index is 0.00280. The molecule has 0 saturated heterocycles. The standard InChI is InChI=1S/C26H23NO7/c1-15-8-21(16(2)27(15)18-4-7-23-25(10-18)34-14-33-23)22(28)13-32-26(29)9-17-12-31-24-11-19(30-3)5-6-20(17)24/h4-8,10-12H,9,13-14H2,1-3H3. The van der Waals surface area contributed by atoms with Crippen LogP contribution in [-0.4, -0.2) is 36.8 Å². The number of furan rings is 1. The van der Waals surface area contributed by atoms with Crippen LogP contribution in [-0.2, 0) is 16.0 Å². The molecule has 3 heterocycles. The third-order valence-electron chi connectivity index (χ3n) is 5.91. The zero-order valence-corrected chi connectivity index (χ0v) is 19.0. The number of benzene rings is 2. The van der Waals surface area contributed by atoms with Crippen LogP contribution in [0.1, 0.15) is 27.3 Å². The van der Waals surface area contributed by atoms with E-state index in [4.69, 9.17) is 23.4 Å². The molecule has 0 amide bonds. The number of ketones is 1. The van der Waals surface area contributed by atoms with E-state index in [0.717, 1.165) is 22.5 Å². The minimum atomic E-state index is -0.503. The molecule has 0 atom stereocenters. The molecule has 1 aliphatic heterocycles. The predicted octanol–water partition coefficient (Wildman–Crippen LogP) is 4.55. The van der Waals surface area contributed by atoms with E-state index in [-0.39, 0.29) is 25.6 Å². The second kappa shape index (κ2) is 8.62. The molecule has 0 N–H and O–H groups in total. The SMILES string of the molecule is COc1ccc2c(CC(=O)OCC(=O)c3cc(C)n(-c4ccc5c(c4)OCO5)c3C)coc2c1. The van der Waals surface area contributed by atoms with Gasteiger partial charge in [0, 0.05) is 45.7 Å². The van der Waals surface area contributed by atoms with Crippen LogP contribution in [0.2, 0.25) is 0 Å². The lowest BCUT2D eigenvalue weighted by molar-refractivity contribution is -0.141. The van der Waals surface area contributed by atoms with E-state index in [0.29, 0.717) is 34.0 Å². The highest BCUT2D eigenvalue weighted by Gasteiger charge is 2.21. The van der Waals surface area contributed by atoms with Gasteiger partial charge in [0.25, 0.3) is 0 Å². The zero-order chi connectivity index (χ0) is 23.8. The summed E-state index contributed by atoms with van der Waals surface area (Å²) < 4.78 is 28.8. The van der Waals surface area contributed by atoms with E-state index < -0.39 is 5.97 Å². The predicted molar refractivity (Wildman–Crippen MR) is 123 cm³/mol. The van der Waals surface area contributed by atoms with Gasteiger partial charge in [-0.1, -0.05) is 0 Å². The third-order valence-corrected chi connectivity index (χ3v) is 5.91. The van der Waals surface area contributed by atoms with Crippen LogP contribution >= 0.6 is 0 Å². The molecule has 34 heavy (non-hydrogen) atoms. The van der Waals surface area contributed by atoms with E-state index in [1.807, 2.05) is 42.7 Å². The molecule has 2 aromatic heterocycles. The average Bonchev–Trinajstić information content (AvgIpc) is 3.54. The van der Waals surface area contributed by atoms with Crippen molar-refractivity contribution in [3.63, 3.8) is 0 Å². The number of methoxy groups -OCH3 is 1. The van der Waals surface area contributed by atoms with Crippen molar-refractivity contribution in [3.05, 3.63) is 71.2 Å². The fourth-order valence-electron chi connectivity index (χ4n) is 4.22. The molecule has 5 rings (SSSR count). The molecule has 0 radical (unpaired) electrons. The summed E-state index contributed by atoms with van der Waals surface area (Å²) in [5.74, 6) is 1.25. The second-order valence-electron chi connectivity index (χ2n) is 8.04. The van der Waals surface area contributed by atoms with Crippen LogP contribution in [0.4, 0.5) is 0 Å². The van der Waals surface area contributed by atoms with Gasteiger partial charge in [-0.05, 0) is 44.2 Å². The number of nitrogens with zero attached hydrogens (tertiary/aromatic N) is 1. The Morgan fingerprint density at radius 3 is 2.68 bits per heavy atom. The monoisotopic (exact) mass is 461 g/mol. The van der Waals surface area contributed by atoms with Crippen LogP contribution in [0.25, 0.3) is 16.7 Å². The topological polar surface area (TPSA) is 89.1 Å². The largest absolute Gasteiger partial charge is 0.497 e.